The topological polar surface area (TPSA) is 98.7 Å². The lowest BCUT2D eigenvalue weighted by atomic mass is 9.66. The molecule has 0 saturated carbocycles. The zero-order valence-electron chi connectivity index (χ0n) is 21.1. The summed E-state index contributed by atoms with van der Waals surface area (Å²) in [5.74, 6) is -1.87. The highest BCUT2D eigenvalue weighted by molar-refractivity contribution is 8.02. The summed E-state index contributed by atoms with van der Waals surface area (Å²) in [4.78, 5) is 43.1. The number of carbonyl (C=O) groups excluding carboxylic acids is 3. The minimum atomic E-state index is -0.860. The highest BCUT2D eigenvalue weighted by atomic mass is 35.5. The summed E-state index contributed by atoms with van der Waals surface area (Å²) in [6, 6.07) is 13.6. The van der Waals surface area contributed by atoms with E-state index >= 15 is 0 Å². The van der Waals surface area contributed by atoms with Crippen molar-refractivity contribution in [2.45, 2.75) is 48.8 Å². The number of nitrogens with zero attached hydrogens (tertiary/aromatic N) is 1. The predicted molar refractivity (Wildman–Crippen MR) is 145 cm³/mol. The first-order chi connectivity index (χ1) is 17.7. The molecule has 2 aromatic rings. The van der Waals surface area contributed by atoms with Crippen LogP contribution in [0, 0.1) is 24.7 Å². The fourth-order valence-electron chi connectivity index (χ4n) is 6.74. The number of aliphatic hydroxyl groups excluding tert-OH is 1. The molecular weight excluding hydrogens is 510 g/mol. The molecule has 1 spiro atoms. The van der Waals surface area contributed by atoms with Crippen molar-refractivity contribution in [1.82, 2.24) is 10.2 Å². The van der Waals surface area contributed by atoms with Gasteiger partial charge in [0.15, 0.2) is 0 Å². The van der Waals surface area contributed by atoms with Gasteiger partial charge in [-0.25, -0.2) is 0 Å². The molecule has 196 valence electrons. The Kier molecular flexibility index (Phi) is 7.02. The van der Waals surface area contributed by atoms with Crippen molar-refractivity contribution in [3.8, 4) is 0 Å². The molecule has 0 radical (unpaired) electrons. The zero-order chi connectivity index (χ0) is 26.5. The summed E-state index contributed by atoms with van der Waals surface area (Å²) in [6.07, 6.45) is 1.14. The van der Waals surface area contributed by atoms with Gasteiger partial charge in [0.25, 0.3) is 0 Å². The first kappa shape index (κ1) is 26.1. The third kappa shape index (κ3) is 4.04. The predicted octanol–water partition coefficient (Wildman–Crippen LogP) is 3.27. The number of thioether (sulfide) groups is 1. The number of aryl methyl sites for hydroxylation is 1. The number of fused-ring (bicyclic) bond motifs is 1. The Balaban J connectivity index is 1.60. The summed E-state index contributed by atoms with van der Waals surface area (Å²) in [6.45, 7) is 3.64. The smallest absolute Gasteiger partial charge is 0.248 e. The molecule has 0 aromatic heterocycles. The molecule has 3 aliphatic heterocycles. The maximum Gasteiger partial charge on any atom is 0.248 e. The standard InChI is InChI=1S/C28H32ClN3O4S/c1-15-8-7-11-19(29)23(15)31-26(35)24-28-16(2)12-20(37-28)21(25(34)30-3)22(28)27(36)32(24)18(14-33)13-17-9-5-4-6-10-17/h4-11,16,18,20-22,24,33H,12-14H2,1-3H3,(H,30,34)(H,31,35)/t16?,18-,20-,21+,22+,24?,28?/m1/s1. The van der Waals surface area contributed by atoms with E-state index in [0.717, 1.165) is 17.5 Å². The van der Waals surface area contributed by atoms with E-state index in [0.29, 0.717) is 17.1 Å². The van der Waals surface area contributed by atoms with Crippen LogP contribution in [0.2, 0.25) is 5.02 Å². The molecule has 3 saturated heterocycles. The average molecular weight is 542 g/mol. The molecule has 7 atom stereocenters. The number of halogens is 1. The molecule has 3 unspecified atom stereocenters. The number of para-hydroxylation sites is 1. The van der Waals surface area contributed by atoms with Gasteiger partial charge in [0.1, 0.15) is 6.04 Å². The number of nitrogens with one attached hydrogen (secondary N) is 2. The molecule has 0 aliphatic carbocycles. The second-order valence-electron chi connectivity index (χ2n) is 10.4. The lowest BCUT2D eigenvalue weighted by molar-refractivity contribution is -0.142. The summed E-state index contributed by atoms with van der Waals surface area (Å²) in [5.41, 5.74) is 2.28. The molecule has 2 bridgehead atoms. The van der Waals surface area contributed by atoms with Gasteiger partial charge >= 0.3 is 0 Å². The molecule has 3 N–H and O–H groups in total. The lowest BCUT2D eigenvalue weighted by Gasteiger charge is -2.40. The van der Waals surface area contributed by atoms with Crippen LogP contribution in [0.4, 0.5) is 5.69 Å². The zero-order valence-corrected chi connectivity index (χ0v) is 22.7. The molecule has 3 heterocycles. The Labute approximate surface area is 226 Å². The van der Waals surface area contributed by atoms with Crippen LogP contribution < -0.4 is 10.6 Å². The van der Waals surface area contributed by atoms with E-state index in [1.165, 1.54) is 0 Å². The lowest BCUT2D eigenvalue weighted by Crippen LogP contribution is -2.57. The van der Waals surface area contributed by atoms with E-state index in [9.17, 15) is 19.5 Å². The van der Waals surface area contributed by atoms with E-state index < -0.39 is 28.7 Å². The van der Waals surface area contributed by atoms with E-state index in [1.807, 2.05) is 49.4 Å². The summed E-state index contributed by atoms with van der Waals surface area (Å²) < 4.78 is -0.776. The third-order valence-corrected chi connectivity index (χ3v) is 10.8. The van der Waals surface area contributed by atoms with Gasteiger partial charge in [-0.3, -0.25) is 14.4 Å². The third-order valence-electron chi connectivity index (χ3n) is 8.37. The molecule has 5 rings (SSSR count). The van der Waals surface area contributed by atoms with E-state index in [2.05, 4.69) is 17.6 Å². The van der Waals surface area contributed by atoms with Crippen LogP contribution >= 0.6 is 23.4 Å². The SMILES string of the molecule is CNC(=O)[C@@H]1[C@H]2C(=O)N([C@@H](CO)Cc3ccccc3)C(C(=O)Nc3c(C)cccc3Cl)C23S[C@@H]1CC3C. The van der Waals surface area contributed by atoms with Gasteiger partial charge in [-0.05, 0) is 42.9 Å². The highest BCUT2D eigenvalue weighted by Gasteiger charge is 2.76. The van der Waals surface area contributed by atoms with Gasteiger partial charge in [0, 0.05) is 12.3 Å². The highest BCUT2D eigenvalue weighted by Crippen LogP contribution is 2.68. The van der Waals surface area contributed by atoms with Gasteiger partial charge < -0.3 is 20.6 Å². The van der Waals surface area contributed by atoms with Crippen molar-refractivity contribution in [2.75, 3.05) is 19.0 Å². The first-order valence-corrected chi connectivity index (χ1v) is 13.9. The number of likely N-dealkylation sites (tertiary alicyclic amines) is 1. The Morgan fingerprint density at radius 3 is 2.57 bits per heavy atom. The molecule has 9 heteroatoms. The number of rotatable bonds is 7. The van der Waals surface area contributed by atoms with Gasteiger partial charge in [-0.15, -0.1) is 11.8 Å². The Morgan fingerprint density at radius 1 is 1.19 bits per heavy atom. The largest absolute Gasteiger partial charge is 0.394 e. The average Bonchev–Trinajstić information content (AvgIpc) is 3.48. The van der Waals surface area contributed by atoms with Gasteiger partial charge in [0.2, 0.25) is 17.7 Å². The van der Waals surface area contributed by atoms with Crippen molar-refractivity contribution in [1.29, 1.82) is 0 Å². The number of hydrogen-bond donors (Lipinski definition) is 3. The summed E-state index contributed by atoms with van der Waals surface area (Å²) in [7, 11) is 1.59. The fraction of sp³-hybridized carbons (Fsp3) is 0.464. The van der Waals surface area contributed by atoms with E-state index in [4.69, 9.17) is 11.6 Å². The van der Waals surface area contributed by atoms with E-state index in [1.54, 1.807) is 29.8 Å². The second kappa shape index (κ2) is 9.97. The van der Waals surface area contributed by atoms with Crippen LogP contribution in [0.3, 0.4) is 0 Å². The van der Waals surface area contributed by atoms with Crippen LogP contribution in [0.5, 0.6) is 0 Å². The van der Waals surface area contributed by atoms with Crippen molar-refractivity contribution >= 4 is 46.8 Å². The molecule has 2 aromatic carbocycles. The number of benzene rings is 2. The number of carbonyl (C=O) groups is 3. The first-order valence-electron chi connectivity index (χ1n) is 12.7. The van der Waals surface area contributed by atoms with Crippen molar-refractivity contribution in [3.05, 3.63) is 64.7 Å². The number of anilines is 1. The Bertz CT molecular complexity index is 1210. The Hall–Kier alpha value is -2.55. The van der Waals surface area contributed by atoms with Crippen LogP contribution in [0.15, 0.2) is 48.5 Å². The molecular formula is C28H32ClN3O4S. The van der Waals surface area contributed by atoms with Crippen molar-refractivity contribution in [2.24, 2.45) is 17.8 Å². The maximum atomic E-state index is 14.3. The van der Waals surface area contributed by atoms with Crippen LogP contribution in [-0.4, -0.2) is 63.5 Å². The fourth-order valence-corrected chi connectivity index (χ4v) is 9.42. The molecule has 3 amide bonds. The van der Waals surface area contributed by atoms with Gasteiger partial charge in [0.05, 0.1) is 39.9 Å². The van der Waals surface area contributed by atoms with Crippen LogP contribution in [0.25, 0.3) is 0 Å². The molecule has 37 heavy (non-hydrogen) atoms. The minimum Gasteiger partial charge on any atom is -0.394 e. The van der Waals surface area contributed by atoms with Crippen LogP contribution in [0.1, 0.15) is 24.5 Å². The normalized spacial score (nSPS) is 30.8. The molecule has 3 aliphatic rings. The van der Waals surface area contributed by atoms with E-state index in [-0.39, 0.29) is 35.5 Å². The van der Waals surface area contributed by atoms with Gasteiger partial charge in [-0.2, -0.15) is 0 Å². The minimum absolute atomic E-state index is 0.0292. The Morgan fingerprint density at radius 2 is 1.92 bits per heavy atom. The van der Waals surface area contributed by atoms with Crippen LogP contribution in [-0.2, 0) is 20.8 Å². The van der Waals surface area contributed by atoms with Gasteiger partial charge in [-0.1, -0.05) is 61.0 Å². The van der Waals surface area contributed by atoms with Crippen molar-refractivity contribution in [3.63, 3.8) is 0 Å². The number of amides is 3. The maximum absolute atomic E-state index is 14.3. The monoisotopic (exact) mass is 541 g/mol. The molecule has 7 nitrogen and oxygen atoms in total. The number of hydrogen-bond acceptors (Lipinski definition) is 5. The molecule has 3 fully saturated rings. The number of aliphatic hydroxyl groups is 1. The second-order valence-corrected chi connectivity index (χ2v) is 12.3. The summed E-state index contributed by atoms with van der Waals surface area (Å²) in [5, 5.41) is 16.7. The summed E-state index contributed by atoms with van der Waals surface area (Å²) >= 11 is 8.06. The quantitative estimate of drug-likeness (QED) is 0.500. The van der Waals surface area contributed by atoms with Crippen molar-refractivity contribution < 1.29 is 19.5 Å².